The third-order valence-corrected chi connectivity index (χ3v) is 3.80. The number of benzene rings is 1. The average Bonchev–Trinajstić information content (AvgIpc) is 2.40. The second-order valence-corrected chi connectivity index (χ2v) is 5.21. The molecule has 1 saturated carbocycles. The van der Waals surface area contributed by atoms with E-state index in [1.807, 2.05) is 12.1 Å². The van der Waals surface area contributed by atoms with E-state index in [4.69, 9.17) is 5.11 Å². The highest BCUT2D eigenvalue weighted by molar-refractivity contribution is 5.87. The molecule has 1 aliphatic carbocycles. The summed E-state index contributed by atoms with van der Waals surface area (Å²) in [5.41, 5.74) is 1.47. The maximum Gasteiger partial charge on any atom is 0.335 e. The van der Waals surface area contributed by atoms with Crippen molar-refractivity contribution >= 4 is 5.97 Å². The maximum atomic E-state index is 10.9. The van der Waals surface area contributed by atoms with Crippen LogP contribution < -0.4 is 0 Å². The van der Waals surface area contributed by atoms with Crippen LogP contribution in [0.4, 0.5) is 0 Å². The van der Waals surface area contributed by atoms with E-state index in [0.717, 1.165) is 12.1 Å². The summed E-state index contributed by atoms with van der Waals surface area (Å²) < 4.78 is 0. The van der Waals surface area contributed by atoms with Crippen molar-refractivity contribution in [1.82, 2.24) is 4.90 Å². The highest BCUT2D eigenvalue weighted by Gasteiger charge is 2.18. The molecule has 0 spiro atoms. The zero-order valence-corrected chi connectivity index (χ0v) is 10.9. The number of aromatic carboxylic acids is 1. The Bertz CT molecular complexity index is 411. The van der Waals surface area contributed by atoms with Gasteiger partial charge >= 0.3 is 5.97 Å². The van der Waals surface area contributed by atoms with Crippen molar-refractivity contribution in [3.8, 4) is 0 Å². The Balaban J connectivity index is 1.99. The molecule has 0 heterocycles. The van der Waals surface area contributed by atoms with Gasteiger partial charge in [0.15, 0.2) is 0 Å². The Morgan fingerprint density at radius 2 is 2.06 bits per heavy atom. The molecule has 1 aliphatic rings. The van der Waals surface area contributed by atoms with Crippen LogP contribution in [0.1, 0.15) is 48.0 Å². The molecule has 0 unspecified atom stereocenters. The first kappa shape index (κ1) is 13.1. The van der Waals surface area contributed by atoms with Crippen molar-refractivity contribution in [3.63, 3.8) is 0 Å². The van der Waals surface area contributed by atoms with Crippen LogP contribution in [-0.4, -0.2) is 29.1 Å². The molecule has 0 saturated heterocycles. The normalized spacial score (nSPS) is 17.0. The van der Waals surface area contributed by atoms with Gasteiger partial charge < -0.3 is 5.11 Å². The van der Waals surface area contributed by atoms with Gasteiger partial charge in [-0.15, -0.1) is 0 Å². The molecule has 0 radical (unpaired) electrons. The summed E-state index contributed by atoms with van der Waals surface area (Å²) in [6.45, 7) is 0.839. The van der Waals surface area contributed by atoms with Gasteiger partial charge in [0.25, 0.3) is 0 Å². The molecule has 18 heavy (non-hydrogen) atoms. The molecule has 0 amide bonds. The van der Waals surface area contributed by atoms with Gasteiger partial charge in [-0.3, -0.25) is 4.90 Å². The van der Waals surface area contributed by atoms with Gasteiger partial charge in [-0.05, 0) is 37.6 Å². The van der Waals surface area contributed by atoms with Crippen LogP contribution in [0.5, 0.6) is 0 Å². The Kier molecular flexibility index (Phi) is 4.37. The number of carboxylic acids is 1. The van der Waals surface area contributed by atoms with Gasteiger partial charge in [-0.1, -0.05) is 31.4 Å². The van der Waals surface area contributed by atoms with E-state index in [-0.39, 0.29) is 0 Å². The second-order valence-electron chi connectivity index (χ2n) is 5.21. The van der Waals surface area contributed by atoms with Crippen molar-refractivity contribution < 1.29 is 9.90 Å². The highest BCUT2D eigenvalue weighted by Crippen LogP contribution is 2.22. The van der Waals surface area contributed by atoms with Gasteiger partial charge in [0.1, 0.15) is 0 Å². The predicted molar refractivity (Wildman–Crippen MR) is 71.7 cm³/mol. The second kappa shape index (κ2) is 6.01. The monoisotopic (exact) mass is 247 g/mol. The summed E-state index contributed by atoms with van der Waals surface area (Å²) in [6, 6.07) is 7.92. The topological polar surface area (TPSA) is 40.5 Å². The summed E-state index contributed by atoms with van der Waals surface area (Å²) in [5, 5.41) is 8.98. The van der Waals surface area contributed by atoms with E-state index < -0.39 is 5.97 Å². The van der Waals surface area contributed by atoms with E-state index in [2.05, 4.69) is 11.9 Å². The molecule has 2 rings (SSSR count). The number of rotatable bonds is 4. The van der Waals surface area contributed by atoms with Gasteiger partial charge in [-0.2, -0.15) is 0 Å². The van der Waals surface area contributed by atoms with Crippen LogP contribution in [0, 0.1) is 0 Å². The zero-order valence-electron chi connectivity index (χ0n) is 10.9. The molecule has 1 aromatic rings. The van der Waals surface area contributed by atoms with Crippen molar-refractivity contribution in [2.45, 2.75) is 44.7 Å². The molecule has 1 aromatic carbocycles. The van der Waals surface area contributed by atoms with E-state index >= 15 is 0 Å². The van der Waals surface area contributed by atoms with Gasteiger partial charge in [0, 0.05) is 12.6 Å². The standard InChI is InChI=1S/C15H21NO2/c1-16(14-8-3-2-4-9-14)11-12-6-5-7-13(10-12)15(17)18/h5-7,10,14H,2-4,8-9,11H2,1H3,(H,17,18). The van der Waals surface area contributed by atoms with Crippen LogP contribution in [0.3, 0.4) is 0 Å². The number of nitrogens with zero attached hydrogens (tertiary/aromatic N) is 1. The molecule has 98 valence electrons. The molecule has 0 aliphatic heterocycles. The minimum atomic E-state index is -0.850. The van der Waals surface area contributed by atoms with E-state index in [1.165, 1.54) is 32.1 Å². The largest absolute Gasteiger partial charge is 0.478 e. The maximum absolute atomic E-state index is 10.9. The average molecular weight is 247 g/mol. The first-order valence-corrected chi connectivity index (χ1v) is 6.69. The zero-order chi connectivity index (χ0) is 13.0. The summed E-state index contributed by atoms with van der Waals surface area (Å²) >= 11 is 0. The Morgan fingerprint density at radius 3 is 2.72 bits per heavy atom. The van der Waals surface area contributed by atoms with Gasteiger partial charge in [0.2, 0.25) is 0 Å². The van der Waals surface area contributed by atoms with Gasteiger partial charge in [0.05, 0.1) is 5.56 Å². The lowest BCUT2D eigenvalue weighted by Gasteiger charge is -2.31. The summed E-state index contributed by atoms with van der Waals surface area (Å²) in [5.74, 6) is -0.850. The summed E-state index contributed by atoms with van der Waals surface area (Å²) in [6.07, 6.45) is 6.55. The van der Waals surface area contributed by atoms with Crippen LogP contribution in [0.25, 0.3) is 0 Å². The Morgan fingerprint density at radius 1 is 1.33 bits per heavy atom. The predicted octanol–water partition coefficient (Wildman–Crippen LogP) is 3.15. The fourth-order valence-corrected chi connectivity index (χ4v) is 2.74. The quantitative estimate of drug-likeness (QED) is 0.888. The molecule has 3 heteroatoms. The summed E-state index contributed by atoms with van der Waals surface area (Å²) in [7, 11) is 2.14. The lowest BCUT2D eigenvalue weighted by Crippen LogP contribution is -2.32. The number of hydrogen-bond donors (Lipinski definition) is 1. The van der Waals surface area contributed by atoms with Crippen LogP contribution in [0.15, 0.2) is 24.3 Å². The summed E-state index contributed by atoms with van der Waals surface area (Å²) in [4.78, 5) is 13.3. The first-order valence-electron chi connectivity index (χ1n) is 6.69. The highest BCUT2D eigenvalue weighted by atomic mass is 16.4. The van der Waals surface area contributed by atoms with Crippen LogP contribution in [0.2, 0.25) is 0 Å². The van der Waals surface area contributed by atoms with Crippen molar-refractivity contribution in [1.29, 1.82) is 0 Å². The van der Waals surface area contributed by atoms with Crippen molar-refractivity contribution in [3.05, 3.63) is 35.4 Å². The minimum absolute atomic E-state index is 0.379. The smallest absolute Gasteiger partial charge is 0.335 e. The third kappa shape index (κ3) is 3.33. The molecule has 3 nitrogen and oxygen atoms in total. The van der Waals surface area contributed by atoms with Crippen LogP contribution >= 0.6 is 0 Å². The fourth-order valence-electron chi connectivity index (χ4n) is 2.74. The first-order chi connectivity index (χ1) is 8.66. The SMILES string of the molecule is CN(Cc1cccc(C(=O)O)c1)C1CCCCC1. The number of carboxylic acid groups (broad SMARTS) is 1. The van der Waals surface area contributed by atoms with Gasteiger partial charge in [-0.25, -0.2) is 4.79 Å². The Hall–Kier alpha value is -1.35. The van der Waals surface area contributed by atoms with E-state index in [1.54, 1.807) is 12.1 Å². The number of carbonyl (C=O) groups is 1. The molecule has 0 aromatic heterocycles. The lowest BCUT2D eigenvalue weighted by atomic mass is 9.94. The fraction of sp³-hybridized carbons (Fsp3) is 0.533. The van der Waals surface area contributed by atoms with Crippen molar-refractivity contribution in [2.75, 3.05) is 7.05 Å². The van der Waals surface area contributed by atoms with E-state index in [9.17, 15) is 4.79 Å². The molecule has 0 atom stereocenters. The molecular weight excluding hydrogens is 226 g/mol. The molecular formula is C15H21NO2. The minimum Gasteiger partial charge on any atom is -0.478 e. The number of hydrogen-bond acceptors (Lipinski definition) is 2. The van der Waals surface area contributed by atoms with Crippen molar-refractivity contribution in [2.24, 2.45) is 0 Å². The van der Waals surface area contributed by atoms with E-state index in [0.29, 0.717) is 11.6 Å². The lowest BCUT2D eigenvalue weighted by molar-refractivity contribution is 0.0696. The third-order valence-electron chi connectivity index (χ3n) is 3.80. The Labute approximate surface area is 108 Å². The molecule has 1 fully saturated rings. The molecule has 1 N–H and O–H groups in total. The van der Waals surface area contributed by atoms with Crippen LogP contribution in [-0.2, 0) is 6.54 Å². The molecule has 0 bridgehead atoms.